The van der Waals surface area contributed by atoms with Crippen LogP contribution in [0.4, 0.5) is 0 Å². The van der Waals surface area contributed by atoms with E-state index in [1.807, 2.05) is 0 Å². The van der Waals surface area contributed by atoms with Gasteiger partial charge in [-0.1, -0.05) is 27.7 Å². The topological polar surface area (TPSA) is 58.9 Å². The van der Waals surface area contributed by atoms with Crippen LogP contribution in [0.5, 0.6) is 0 Å². The highest BCUT2D eigenvalue weighted by Gasteiger charge is 2.68. The van der Waals surface area contributed by atoms with E-state index in [1.165, 1.54) is 0 Å². The standard InChI is InChI=1S/C14H22N2O2/c1-5-13(6-2)11(15-9-17)14(7-3,8-4)12(13)16-10-18/h11-12H,5-8H2,1-4H3. The first-order valence-corrected chi connectivity index (χ1v) is 6.77. The zero-order chi connectivity index (χ0) is 13.8. The van der Waals surface area contributed by atoms with Gasteiger partial charge in [-0.25, -0.2) is 19.6 Å². The maximum atomic E-state index is 10.7. The first-order chi connectivity index (χ1) is 8.63. The van der Waals surface area contributed by atoms with Crippen molar-refractivity contribution >= 4 is 12.2 Å². The summed E-state index contributed by atoms with van der Waals surface area (Å²) >= 11 is 0. The molecule has 0 radical (unpaired) electrons. The highest BCUT2D eigenvalue weighted by Crippen LogP contribution is 2.64. The quantitative estimate of drug-likeness (QED) is 0.537. The van der Waals surface area contributed by atoms with Crippen LogP contribution in [0.1, 0.15) is 53.4 Å². The van der Waals surface area contributed by atoms with E-state index in [4.69, 9.17) is 0 Å². The van der Waals surface area contributed by atoms with Gasteiger partial charge in [0.2, 0.25) is 12.2 Å². The minimum absolute atomic E-state index is 0.0744. The van der Waals surface area contributed by atoms with Crippen LogP contribution >= 0.6 is 0 Å². The maximum absolute atomic E-state index is 10.7. The van der Waals surface area contributed by atoms with Gasteiger partial charge < -0.3 is 0 Å². The van der Waals surface area contributed by atoms with Gasteiger partial charge in [0, 0.05) is 10.8 Å². The zero-order valence-electron chi connectivity index (χ0n) is 11.7. The number of nitrogens with zero attached hydrogens (tertiary/aromatic N) is 2. The van der Waals surface area contributed by atoms with Crippen LogP contribution in [0.2, 0.25) is 0 Å². The van der Waals surface area contributed by atoms with Crippen molar-refractivity contribution in [1.29, 1.82) is 0 Å². The SMILES string of the molecule is CCC1(CC)C(N=C=O)C(CC)(CC)C1N=C=O. The minimum Gasteiger partial charge on any atom is -0.211 e. The third kappa shape index (κ3) is 1.68. The fraction of sp³-hybridized carbons (Fsp3) is 0.857. The summed E-state index contributed by atoms with van der Waals surface area (Å²) in [5.74, 6) is 0. The van der Waals surface area contributed by atoms with Gasteiger partial charge in [0.15, 0.2) is 0 Å². The van der Waals surface area contributed by atoms with Gasteiger partial charge in [-0.3, -0.25) is 0 Å². The fourth-order valence-electron chi connectivity index (χ4n) is 4.01. The molecule has 0 aromatic carbocycles. The van der Waals surface area contributed by atoms with E-state index in [-0.39, 0.29) is 22.9 Å². The number of aliphatic imine (C=N–C) groups is 2. The highest BCUT2D eigenvalue weighted by atomic mass is 16.1. The minimum atomic E-state index is -0.180. The molecule has 0 unspecified atom stereocenters. The zero-order valence-corrected chi connectivity index (χ0v) is 11.7. The summed E-state index contributed by atoms with van der Waals surface area (Å²) < 4.78 is 0. The predicted octanol–water partition coefficient (Wildman–Crippen LogP) is 3.02. The molecule has 1 fully saturated rings. The summed E-state index contributed by atoms with van der Waals surface area (Å²) in [5.41, 5.74) is -0.359. The van der Waals surface area contributed by atoms with E-state index in [9.17, 15) is 9.59 Å². The highest BCUT2D eigenvalue weighted by molar-refractivity contribution is 5.40. The van der Waals surface area contributed by atoms with E-state index < -0.39 is 0 Å². The Bertz CT molecular complexity index is 335. The van der Waals surface area contributed by atoms with Crippen molar-refractivity contribution in [3.05, 3.63) is 0 Å². The summed E-state index contributed by atoms with van der Waals surface area (Å²) in [6.45, 7) is 8.28. The van der Waals surface area contributed by atoms with Crippen molar-refractivity contribution in [3.63, 3.8) is 0 Å². The molecule has 0 aromatic rings. The molecule has 0 N–H and O–H groups in total. The maximum Gasteiger partial charge on any atom is 0.235 e. The molecule has 100 valence electrons. The molecular weight excluding hydrogens is 228 g/mol. The van der Waals surface area contributed by atoms with E-state index >= 15 is 0 Å². The molecule has 0 amide bonds. The summed E-state index contributed by atoms with van der Waals surface area (Å²) in [4.78, 5) is 29.5. The van der Waals surface area contributed by atoms with Gasteiger partial charge in [-0.05, 0) is 25.7 Å². The Labute approximate surface area is 109 Å². The van der Waals surface area contributed by atoms with Gasteiger partial charge in [0.1, 0.15) is 0 Å². The van der Waals surface area contributed by atoms with Crippen LogP contribution in [0, 0.1) is 10.8 Å². The van der Waals surface area contributed by atoms with Crippen molar-refractivity contribution in [2.75, 3.05) is 0 Å². The Morgan fingerprint density at radius 2 is 1.06 bits per heavy atom. The molecule has 0 aromatic heterocycles. The lowest BCUT2D eigenvalue weighted by Crippen LogP contribution is -2.69. The van der Waals surface area contributed by atoms with Crippen molar-refractivity contribution in [3.8, 4) is 0 Å². The second kappa shape index (κ2) is 5.60. The summed E-state index contributed by atoms with van der Waals surface area (Å²) in [6.07, 6.45) is 6.86. The van der Waals surface area contributed by atoms with Gasteiger partial charge in [-0.2, -0.15) is 0 Å². The predicted molar refractivity (Wildman–Crippen MR) is 69.8 cm³/mol. The molecule has 0 aliphatic heterocycles. The first kappa shape index (κ1) is 14.8. The molecule has 4 nitrogen and oxygen atoms in total. The molecule has 1 aliphatic rings. The lowest BCUT2D eigenvalue weighted by Gasteiger charge is -2.64. The largest absolute Gasteiger partial charge is 0.235 e. The van der Waals surface area contributed by atoms with Gasteiger partial charge >= 0.3 is 0 Å². The molecule has 0 bridgehead atoms. The van der Waals surface area contributed by atoms with Crippen molar-refractivity contribution in [2.45, 2.75) is 65.5 Å². The number of rotatable bonds is 6. The normalized spacial score (nSPS) is 27.6. The number of hydrogen-bond acceptors (Lipinski definition) is 4. The Morgan fingerprint density at radius 1 is 0.778 bits per heavy atom. The molecule has 1 saturated carbocycles. The average Bonchev–Trinajstić information content (AvgIpc) is 2.41. The van der Waals surface area contributed by atoms with E-state index in [0.717, 1.165) is 25.7 Å². The molecule has 0 atom stereocenters. The summed E-state index contributed by atoms with van der Waals surface area (Å²) in [5, 5.41) is 0. The Balaban J connectivity index is 3.34. The number of isocyanates is 2. The first-order valence-electron chi connectivity index (χ1n) is 6.77. The van der Waals surface area contributed by atoms with Crippen LogP contribution in [-0.4, -0.2) is 24.2 Å². The summed E-state index contributed by atoms with van der Waals surface area (Å²) in [7, 11) is 0. The van der Waals surface area contributed by atoms with Gasteiger partial charge in [-0.15, -0.1) is 0 Å². The van der Waals surface area contributed by atoms with E-state index in [2.05, 4.69) is 37.7 Å². The van der Waals surface area contributed by atoms with Crippen LogP contribution in [0.15, 0.2) is 9.98 Å². The molecule has 1 aliphatic carbocycles. The smallest absolute Gasteiger partial charge is 0.211 e. The van der Waals surface area contributed by atoms with E-state index in [1.54, 1.807) is 12.2 Å². The van der Waals surface area contributed by atoms with Crippen LogP contribution in [0.3, 0.4) is 0 Å². The van der Waals surface area contributed by atoms with Crippen molar-refractivity contribution < 1.29 is 9.59 Å². The number of carbonyl (C=O) groups excluding carboxylic acids is 2. The van der Waals surface area contributed by atoms with E-state index in [0.29, 0.717) is 0 Å². The monoisotopic (exact) mass is 250 g/mol. The number of hydrogen-bond donors (Lipinski definition) is 0. The second-order valence-corrected chi connectivity index (χ2v) is 5.13. The molecular formula is C14H22N2O2. The van der Waals surface area contributed by atoms with Gasteiger partial charge in [0.25, 0.3) is 0 Å². The lowest BCUT2D eigenvalue weighted by molar-refractivity contribution is -0.109. The van der Waals surface area contributed by atoms with Crippen LogP contribution in [-0.2, 0) is 9.59 Å². The van der Waals surface area contributed by atoms with Crippen molar-refractivity contribution in [2.24, 2.45) is 20.8 Å². The molecule has 4 heteroatoms. The third-order valence-electron chi connectivity index (χ3n) is 5.17. The Kier molecular flexibility index (Phi) is 4.61. The molecule has 1 rings (SSSR count). The molecule has 0 heterocycles. The van der Waals surface area contributed by atoms with Crippen LogP contribution in [0.25, 0.3) is 0 Å². The molecule has 0 saturated heterocycles. The Hall–Kier alpha value is -1.24. The van der Waals surface area contributed by atoms with Crippen LogP contribution < -0.4 is 0 Å². The fourth-order valence-corrected chi connectivity index (χ4v) is 4.01. The lowest BCUT2D eigenvalue weighted by atomic mass is 9.42. The third-order valence-corrected chi connectivity index (χ3v) is 5.17. The average molecular weight is 250 g/mol. The molecule has 18 heavy (non-hydrogen) atoms. The second-order valence-electron chi connectivity index (χ2n) is 5.13. The van der Waals surface area contributed by atoms with Crippen molar-refractivity contribution in [1.82, 2.24) is 0 Å². The summed E-state index contributed by atoms with van der Waals surface area (Å²) in [6, 6.07) is -0.149. The Morgan fingerprint density at radius 3 is 1.22 bits per heavy atom. The van der Waals surface area contributed by atoms with Gasteiger partial charge in [0.05, 0.1) is 12.1 Å². The molecule has 0 spiro atoms.